The molecule has 0 saturated heterocycles. The molecule has 0 fully saturated rings. The molecule has 2 atom stereocenters. The van der Waals surface area contributed by atoms with E-state index in [0.717, 1.165) is 24.3 Å². The minimum absolute atomic E-state index is 0.154. The van der Waals surface area contributed by atoms with Crippen LogP contribution in [0, 0.1) is 5.92 Å². The molecule has 1 heterocycles. The number of hydrogen-bond acceptors (Lipinski definition) is 3. The SMILES string of the molecule is CC(C)CCC(C)NC(=O)NCC1COc2ccccc2O1. The molecule has 122 valence electrons. The predicted octanol–water partition coefficient (Wildman–Crippen LogP) is 2.95. The molecule has 1 aromatic rings. The van der Waals surface area contributed by atoms with E-state index in [4.69, 9.17) is 9.47 Å². The summed E-state index contributed by atoms with van der Waals surface area (Å²) in [6.45, 7) is 7.27. The highest BCUT2D eigenvalue weighted by Crippen LogP contribution is 2.30. The van der Waals surface area contributed by atoms with Crippen molar-refractivity contribution in [2.75, 3.05) is 13.2 Å². The minimum atomic E-state index is -0.161. The van der Waals surface area contributed by atoms with Crippen LogP contribution in [0.4, 0.5) is 4.79 Å². The van der Waals surface area contributed by atoms with Gasteiger partial charge in [-0.1, -0.05) is 26.0 Å². The van der Waals surface area contributed by atoms with Gasteiger partial charge in [-0.2, -0.15) is 0 Å². The van der Waals surface area contributed by atoms with Gasteiger partial charge in [0.2, 0.25) is 0 Å². The fourth-order valence-corrected chi connectivity index (χ4v) is 2.30. The maximum atomic E-state index is 11.9. The fraction of sp³-hybridized carbons (Fsp3) is 0.588. The monoisotopic (exact) mass is 306 g/mol. The number of ether oxygens (including phenoxy) is 2. The molecule has 0 bridgehead atoms. The molecule has 2 N–H and O–H groups in total. The number of hydrogen-bond donors (Lipinski definition) is 2. The van der Waals surface area contributed by atoms with Crippen LogP contribution < -0.4 is 20.1 Å². The Morgan fingerprint density at radius 3 is 2.68 bits per heavy atom. The summed E-state index contributed by atoms with van der Waals surface area (Å²) in [5.41, 5.74) is 0. The topological polar surface area (TPSA) is 59.6 Å². The molecule has 22 heavy (non-hydrogen) atoms. The second-order valence-electron chi connectivity index (χ2n) is 6.22. The van der Waals surface area contributed by atoms with Crippen molar-refractivity contribution in [1.82, 2.24) is 10.6 Å². The van der Waals surface area contributed by atoms with Crippen molar-refractivity contribution in [2.24, 2.45) is 5.92 Å². The number of para-hydroxylation sites is 2. The van der Waals surface area contributed by atoms with Crippen LogP contribution in [0.2, 0.25) is 0 Å². The quantitative estimate of drug-likeness (QED) is 0.849. The number of amides is 2. The molecule has 1 aliphatic heterocycles. The number of rotatable bonds is 6. The first kappa shape index (κ1) is 16.5. The van der Waals surface area contributed by atoms with E-state index in [1.54, 1.807) is 0 Å². The van der Waals surface area contributed by atoms with Crippen molar-refractivity contribution in [2.45, 2.75) is 45.8 Å². The zero-order chi connectivity index (χ0) is 15.9. The van der Waals surface area contributed by atoms with Gasteiger partial charge in [0, 0.05) is 6.04 Å². The van der Waals surface area contributed by atoms with E-state index in [-0.39, 0.29) is 18.2 Å². The Labute approximate surface area is 132 Å². The second kappa shape index (κ2) is 7.92. The van der Waals surface area contributed by atoms with Crippen molar-refractivity contribution >= 4 is 6.03 Å². The van der Waals surface area contributed by atoms with Gasteiger partial charge in [0.15, 0.2) is 17.6 Å². The van der Waals surface area contributed by atoms with Gasteiger partial charge in [-0.05, 0) is 37.8 Å². The lowest BCUT2D eigenvalue weighted by Crippen LogP contribution is -2.46. The smallest absolute Gasteiger partial charge is 0.315 e. The Kier molecular flexibility index (Phi) is 5.92. The Balaban J connectivity index is 1.69. The molecule has 0 radical (unpaired) electrons. The number of nitrogens with one attached hydrogen (secondary N) is 2. The lowest BCUT2D eigenvalue weighted by atomic mass is 10.0. The van der Waals surface area contributed by atoms with Crippen molar-refractivity contribution in [3.63, 3.8) is 0 Å². The zero-order valence-corrected chi connectivity index (χ0v) is 13.6. The van der Waals surface area contributed by atoms with E-state index in [9.17, 15) is 4.79 Å². The summed E-state index contributed by atoms with van der Waals surface area (Å²) < 4.78 is 11.4. The summed E-state index contributed by atoms with van der Waals surface area (Å²) in [5.74, 6) is 2.14. The Bertz CT molecular complexity index is 491. The number of carbonyl (C=O) groups excluding carboxylic acids is 1. The predicted molar refractivity (Wildman–Crippen MR) is 86.4 cm³/mol. The van der Waals surface area contributed by atoms with Crippen molar-refractivity contribution in [3.05, 3.63) is 24.3 Å². The van der Waals surface area contributed by atoms with Crippen molar-refractivity contribution in [1.29, 1.82) is 0 Å². The van der Waals surface area contributed by atoms with E-state index >= 15 is 0 Å². The molecule has 0 saturated carbocycles. The van der Waals surface area contributed by atoms with Gasteiger partial charge in [0.1, 0.15) is 6.61 Å². The van der Waals surface area contributed by atoms with Crippen LogP contribution in [-0.2, 0) is 0 Å². The standard InChI is InChI=1S/C17H26N2O3/c1-12(2)8-9-13(3)19-17(20)18-10-14-11-21-15-6-4-5-7-16(15)22-14/h4-7,12-14H,8-11H2,1-3H3,(H2,18,19,20). The van der Waals surface area contributed by atoms with Crippen molar-refractivity contribution in [3.8, 4) is 11.5 Å². The molecule has 1 aliphatic rings. The van der Waals surface area contributed by atoms with Gasteiger partial charge >= 0.3 is 6.03 Å². The lowest BCUT2D eigenvalue weighted by molar-refractivity contribution is 0.0917. The Morgan fingerprint density at radius 1 is 1.23 bits per heavy atom. The minimum Gasteiger partial charge on any atom is -0.486 e. The first-order valence-corrected chi connectivity index (χ1v) is 7.97. The number of benzene rings is 1. The van der Waals surface area contributed by atoms with E-state index in [1.165, 1.54) is 0 Å². The van der Waals surface area contributed by atoms with Crippen LogP contribution in [0.25, 0.3) is 0 Å². The first-order chi connectivity index (χ1) is 10.5. The van der Waals surface area contributed by atoms with E-state index in [0.29, 0.717) is 19.1 Å². The van der Waals surface area contributed by atoms with E-state index in [2.05, 4.69) is 24.5 Å². The maximum absolute atomic E-state index is 11.9. The molecule has 5 heteroatoms. The molecular formula is C17H26N2O3. The van der Waals surface area contributed by atoms with Crippen LogP contribution in [0.3, 0.4) is 0 Å². The summed E-state index contributed by atoms with van der Waals surface area (Å²) >= 11 is 0. The molecule has 0 spiro atoms. The molecule has 5 nitrogen and oxygen atoms in total. The number of urea groups is 1. The molecule has 2 rings (SSSR count). The third kappa shape index (κ3) is 5.13. The molecule has 1 aromatic carbocycles. The van der Waals surface area contributed by atoms with Gasteiger partial charge < -0.3 is 20.1 Å². The number of fused-ring (bicyclic) bond motifs is 1. The van der Waals surface area contributed by atoms with Gasteiger partial charge in [0.25, 0.3) is 0 Å². The van der Waals surface area contributed by atoms with Crippen LogP contribution in [-0.4, -0.2) is 31.3 Å². The molecule has 0 aromatic heterocycles. The first-order valence-electron chi connectivity index (χ1n) is 7.97. The van der Waals surface area contributed by atoms with E-state index in [1.807, 2.05) is 31.2 Å². The van der Waals surface area contributed by atoms with Crippen molar-refractivity contribution < 1.29 is 14.3 Å². The third-order valence-corrected chi connectivity index (χ3v) is 3.61. The molecule has 2 unspecified atom stereocenters. The van der Waals surface area contributed by atoms with E-state index < -0.39 is 0 Å². The van der Waals surface area contributed by atoms with Gasteiger partial charge in [-0.3, -0.25) is 0 Å². The highest BCUT2D eigenvalue weighted by atomic mass is 16.6. The number of carbonyl (C=O) groups is 1. The summed E-state index contributed by atoms with van der Waals surface area (Å²) in [7, 11) is 0. The average molecular weight is 306 g/mol. The summed E-state index contributed by atoms with van der Waals surface area (Å²) in [6, 6.07) is 7.58. The normalized spacial score (nSPS) is 17.9. The summed E-state index contributed by atoms with van der Waals surface area (Å²) in [5, 5.41) is 5.79. The molecule has 2 amide bonds. The van der Waals surface area contributed by atoms with Gasteiger partial charge in [-0.15, -0.1) is 0 Å². The largest absolute Gasteiger partial charge is 0.486 e. The fourth-order valence-electron chi connectivity index (χ4n) is 2.30. The van der Waals surface area contributed by atoms with Gasteiger partial charge in [-0.25, -0.2) is 4.79 Å². The Morgan fingerprint density at radius 2 is 1.95 bits per heavy atom. The third-order valence-electron chi connectivity index (χ3n) is 3.61. The van der Waals surface area contributed by atoms with Crippen LogP contribution in [0.1, 0.15) is 33.6 Å². The van der Waals surface area contributed by atoms with Crippen LogP contribution in [0.5, 0.6) is 11.5 Å². The Hall–Kier alpha value is -1.91. The molecular weight excluding hydrogens is 280 g/mol. The lowest BCUT2D eigenvalue weighted by Gasteiger charge is -2.26. The zero-order valence-electron chi connectivity index (χ0n) is 13.6. The second-order valence-corrected chi connectivity index (χ2v) is 6.22. The summed E-state index contributed by atoms with van der Waals surface area (Å²) in [6.07, 6.45) is 1.94. The maximum Gasteiger partial charge on any atom is 0.315 e. The molecule has 0 aliphatic carbocycles. The highest BCUT2D eigenvalue weighted by molar-refractivity contribution is 5.74. The van der Waals surface area contributed by atoms with Crippen LogP contribution >= 0.6 is 0 Å². The highest BCUT2D eigenvalue weighted by Gasteiger charge is 2.21. The average Bonchev–Trinajstić information content (AvgIpc) is 2.50. The van der Waals surface area contributed by atoms with Crippen LogP contribution in [0.15, 0.2) is 24.3 Å². The van der Waals surface area contributed by atoms with Gasteiger partial charge in [0.05, 0.1) is 6.54 Å². The summed E-state index contributed by atoms with van der Waals surface area (Å²) in [4.78, 5) is 11.9.